The molecule has 0 aliphatic rings. The second kappa shape index (κ2) is 6.61. The van der Waals surface area contributed by atoms with Crippen molar-refractivity contribution in [1.29, 1.82) is 0 Å². The lowest BCUT2D eigenvalue weighted by molar-refractivity contribution is 0.251. The minimum Gasteiger partial charge on any atom is -0.399 e. The van der Waals surface area contributed by atoms with Crippen LogP contribution in [-0.4, -0.2) is 12.6 Å². The Bertz CT molecular complexity index is 569. The SMILES string of the molecule is CC(CNC(=O)Nc1cccc(N)c1)c1ccccc1. The summed E-state index contributed by atoms with van der Waals surface area (Å²) in [5, 5.41) is 5.62. The van der Waals surface area contributed by atoms with Crippen LogP contribution in [0.5, 0.6) is 0 Å². The molecule has 2 amide bonds. The number of carbonyl (C=O) groups excluding carboxylic acids is 1. The Balaban J connectivity index is 1.83. The maximum Gasteiger partial charge on any atom is 0.319 e. The smallest absolute Gasteiger partial charge is 0.319 e. The topological polar surface area (TPSA) is 67.2 Å². The van der Waals surface area contributed by atoms with E-state index in [0.29, 0.717) is 17.9 Å². The van der Waals surface area contributed by atoms with Crippen LogP contribution in [0.3, 0.4) is 0 Å². The van der Waals surface area contributed by atoms with Crippen LogP contribution in [0.25, 0.3) is 0 Å². The van der Waals surface area contributed by atoms with Crippen LogP contribution in [0, 0.1) is 0 Å². The first-order chi connectivity index (χ1) is 9.65. The average Bonchev–Trinajstić information content (AvgIpc) is 2.46. The lowest BCUT2D eigenvalue weighted by Gasteiger charge is -2.13. The highest BCUT2D eigenvalue weighted by Gasteiger charge is 2.07. The molecule has 4 heteroatoms. The zero-order chi connectivity index (χ0) is 14.4. The summed E-state index contributed by atoms with van der Waals surface area (Å²) in [5.41, 5.74) is 8.18. The minimum absolute atomic E-state index is 0.224. The molecule has 0 bridgehead atoms. The highest BCUT2D eigenvalue weighted by molar-refractivity contribution is 5.89. The monoisotopic (exact) mass is 269 g/mol. The second-order valence-electron chi connectivity index (χ2n) is 4.77. The van der Waals surface area contributed by atoms with E-state index < -0.39 is 0 Å². The van der Waals surface area contributed by atoms with Crippen molar-refractivity contribution in [1.82, 2.24) is 5.32 Å². The first-order valence-electron chi connectivity index (χ1n) is 6.60. The van der Waals surface area contributed by atoms with E-state index >= 15 is 0 Å². The minimum atomic E-state index is -0.224. The zero-order valence-electron chi connectivity index (χ0n) is 11.5. The summed E-state index contributed by atoms with van der Waals surface area (Å²) in [6, 6.07) is 17.0. The van der Waals surface area contributed by atoms with Gasteiger partial charge in [-0.15, -0.1) is 0 Å². The summed E-state index contributed by atoms with van der Waals surface area (Å²) in [5.74, 6) is 0.266. The Morgan fingerprint density at radius 3 is 2.60 bits per heavy atom. The van der Waals surface area contributed by atoms with Crippen molar-refractivity contribution < 1.29 is 4.79 Å². The van der Waals surface area contributed by atoms with E-state index in [2.05, 4.69) is 29.7 Å². The number of nitrogens with two attached hydrogens (primary N) is 1. The molecular weight excluding hydrogens is 250 g/mol. The summed E-state index contributed by atoms with van der Waals surface area (Å²) in [7, 11) is 0. The zero-order valence-corrected chi connectivity index (χ0v) is 11.5. The molecule has 0 spiro atoms. The molecule has 1 atom stereocenters. The predicted molar refractivity (Wildman–Crippen MR) is 82.7 cm³/mol. The molecule has 0 saturated heterocycles. The van der Waals surface area contributed by atoms with Gasteiger partial charge in [-0.1, -0.05) is 43.3 Å². The van der Waals surface area contributed by atoms with Crippen LogP contribution >= 0.6 is 0 Å². The number of nitrogens with one attached hydrogen (secondary N) is 2. The maximum atomic E-state index is 11.8. The Kier molecular flexibility index (Phi) is 4.60. The summed E-state index contributed by atoms with van der Waals surface area (Å²) in [4.78, 5) is 11.8. The molecule has 0 fully saturated rings. The van der Waals surface area contributed by atoms with Gasteiger partial charge in [-0.25, -0.2) is 4.79 Å². The van der Waals surface area contributed by atoms with Crippen molar-refractivity contribution in [3.63, 3.8) is 0 Å². The first kappa shape index (κ1) is 13.9. The van der Waals surface area contributed by atoms with Gasteiger partial charge in [0.25, 0.3) is 0 Å². The van der Waals surface area contributed by atoms with Gasteiger partial charge in [0.15, 0.2) is 0 Å². The first-order valence-corrected chi connectivity index (χ1v) is 6.60. The molecule has 2 aromatic rings. The Morgan fingerprint density at radius 1 is 1.15 bits per heavy atom. The number of urea groups is 1. The summed E-state index contributed by atoms with van der Waals surface area (Å²) < 4.78 is 0. The van der Waals surface area contributed by atoms with Gasteiger partial charge in [0.05, 0.1) is 0 Å². The largest absolute Gasteiger partial charge is 0.399 e. The van der Waals surface area contributed by atoms with Gasteiger partial charge < -0.3 is 16.4 Å². The molecule has 20 heavy (non-hydrogen) atoms. The summed E-state index contributed by atoms with van der Waals surface area (Å²) >= 11 is 0. The fraction of sp³-hybridized carbons (Fsp3) is 0.188. The maximum absolute atomic E-state index is 11.8. The Morgan fingerprint density at radius 2 is 1.90 bits per heavy atom. The predicted octanol–water partition coefficient (Wildman–Crippen LogP) is 3.19. The highest BCUT2D eigenvalue weighted by atomic mass is 16.2. The quantitative estimate of drug-likeness (QED) is 0.746. The van der Waals surface area contributed by atoms with Crippen LogP contribution in [0.1, 0.15) is 18.4 Å². The van der Waals surface area contributed by atoms with E-state index in [1.807, 2.05) is 18.2 Å². The van der Waals surface area contributed by atoms with E-state index in [9.17, 15) is 4.79 Å². The summed E-state index contributed by atoms with van der Waals surface area (Å²) in [6.07, 6.45) is 0. The molecule has 0 aromatic heterocycles. The normalized spacial score (nSPS) is 11.7. The van der Waals surface area contributed by atoms with E-state index in [-0.39, 0.29) is 11.9 Å². The molecule has 4 nitrogen and oxygen atoms in total. The third-order valence-corrected chi connectivity index (χ3v) is 3.08. The van der Waals surface area contributed by atoms with Gasteiger partial charge in [-0.3, -0.25) is 0 Å². The van der Waals surface area contributed by atoms with E-state index in [1.54, 1.807) is 24.3 Å². The lowest BCUT2D eigenvalue weighted by atomic mass is 10.0. The fourth-order valence-corrected chi connectivity index (χ4v) is 1.94. The average molecular weight is 269 g/mol. The van der Waals surface area contributed by atoms with Crippen molar-refractivity contribution in [2.45, 2.75) is 12.8 Å². The Hall–Kier alpha value is -2.49. The second-order valence-corrected chi connectivity index (χ2v) is 4.77. The van der Waals surface area contributed by atoms with Gasteiger partial charge >= 0.3 is 6.03 Å². The van der Waals surface area contributed by atoms with Gasteiger partial charge in [0, 0.05) is 17.9 Å². The number of anilines is 2. The molecule has 104 valence electrons. The fourth-order valence-electron chi connectivity index (χ4n) is 1.94. The van der Waals surface area contributed by atoms with E-state index in [1.165, 1.54) is 5.56 Å². The number of hydrogen-bond donors (Lipinski definition) is 3. The van der Waals surface area contributed by atoms with Crippen molar-refractivity contribution in [2.24, 2.45) is 0 Å². The molecule has 0 saturated carbocycles. The van der Waals surface area contributed by atoms with Crippen molar-refractivity contribution in [3.05, 3.63) is 60.2 Å². The molecule has 0 radical (unpaired) electrons. The number of rotatable bonds is 4. The van der Waals surface area contributed by atoms with Crippen molar-refractivity contribution in [3.8, 4) is 0 Å². The van der Waals surface area contributed by atoms with Gasteiger partial charge in [-0.05, 0) is 29.7 Å². The van der Waals surface area contributed by atoms with Crippen molar-refractivity contribution >= 4 is 17.4 Å². The number of hydrogen-bond acceptors (Lipinski definition) is 2. The van der Waals surface area contributed by atoms with E-state index in [4.69, 9.17) is 5.73 Å². The number of nitrogen functional groups attached to an aromatic ring is 1. The van der Waals surface area contributed by atoms with Crippen LogP contribution in [0.15, 0.2) is 54.6 Å². The number of amides is 2. The molecule has 2 aromatic carbocycles. The number of benzene rings is 2. The van der Waals surface area contributed by atoms with Gasteiger partial charge in [0.1, 0.15) is 0 Å². The van der Waals surface area contributed by atoms with Crippen LogP contribution in [-0.2, 0) is 0 Å². The van der Waals surface area contributed by atoms with Gasteiger partial charge in [-0.2, -0.15) is 0 Å². The highest BCUT2D eigenvalue weighted by Crippen LogP contribution is 2.14. The van der Waals surface area contributed by atoms with Crippen LogP contribution < -0.4 is 16.4 Å². The third kappa shape index (κ3) is 4.02. The molecule has 2 rings (SSSR count). The van der Waals surface area contributed by atoms with Gasteiger partial charge in [0.2, 0.25) is 0 Å². The van der Waals surface area contributed by atoms with Crippen molar-refractivity contribution in [2.75, 3.05) is 17.6 Å². The standard InChI is InChI=1S/C16H19N3O/c1-12(13-6-3-2-4-7-13)11-18-16(20)19-15-9-5-8-14(17)10-15/h2-10,12H,11,17H2,1H3,(H2,18,19,20). The molecule has 0 aliphatic carbocycles. The molecular formula is C16H19N3O. The van der Waals surface area contributed by atoms with Crippen LogP contribution in [0.4, 0.5) is 16.2 Å². The van der Waals surface area contributed by atoms with E-state index in [0.717, 1.165) is 0 Å². The summed E-state index contributed by atoms with van der Waals surface area (Å²) in [6.45, 7) is 2.66. The molecule has 0 heterocycles. The Labute approximate surface area is 119 Å². The molecule has 4 N–H and O–H groups in total. The number of carbonyl (C=O) groups is 1. The van der Waals surface area contributed by atoms with Crippen LogP contribution in [0.2, 0.25) is 0 Å². The molecule has 1 unspecified atom stereocenters. The third-order valence-electron chi connectivity index (χ3n) is 3.08. The molecule has 0 aliphatic heterocycles. The lowest BCUT2D eigenvalue weighted by Crippen LogP contribution is -2.31.